The van der Waals surface area contributed by atoms with Crippen LogP contribution in [0.1, 0.15) is 31.9 Å². The summed E-state index contributed by atoms with van der Waals surface area (Å²) < 4.78 is 0. The van der Waals surface area contributed by atoms with Crippen LogP contribution in [-0.2, 0) is 11.3 Å². The van der Waals surface area contributed by atoms with Gasteiger partial charge in [0, 0.05) is 70.2 Å². The minimum absolute atomic E-state index is 0. The molecule has 1 unspecified atom stereocenters. The number of aromatic nitrogens is 1. The molecular formula is C17H28ClN5OS. The Morgan fingerprint density at radius 1 is 1.32 bits per heavy atom. The second-order valence-electron chi connectivity index (χ2n) is 7.21. The largest absolute Gasteiger partial charge is 0.314 e. The van der Waals surface area contributed by atoms with Gasteiger partial charge in [-0.05, 0) is 19.3 Å². The Morgan fingerprint density at radius 3 is 2.76 bits per heavy atom. The maximum atomic E-state index is 11.9. The maximum Gasteiger partial charge on any atom is 0.225 e. The fourth-order valence-electron chi connectivity index (χ4n) is 3.89. The minimum Gasteiger partial charge on any atom is -0.314 e. The number of anilines is 1. The Labute approximate surface area is 160 Å². The van der Waals surface area contributed by atoms with E-state index in [0.717, 1.165) is 56.4 Å². The van der Waals surface area contributed by atoms with Crippen LogP contribution in [0.15, 0.2) is 5.38 Å². The molecule has 1 saturated carbocycles. The van der Waals surface area contributed by atoms with Gasteiger partial charge < -0.3 is 5.32 Å². The minimum atomic E-state index is 0. The van der Waals surface area contributed by atoms with Crippen molar-refractivity contribution in [3.63, 3.8) is 0 Å². The molecule has 140 valence electrons. The Kier molecular flexibility index (Phi) is 6.33. The first kappa shape index (κ1) is 19.0. The topological polar surface area (TPSA) is 51.7 Å². The van der Waals surface area contributed by atoms with E-state index in [2.05, 4.69) is 20.5 Å². The van der Waals surface area contributed by atoms with Crippen LogP contribution in [0.3, 0.4) is 0 Å². The smallest absolute Gasteiger partial charge is 0.225 e. The van der Waals surface area contributed by atoms with E-state index in [1.54, 1.807) is 18.3 Å². The molecule has 1 aliphatic carbocycles. The van der Waals surface area contributed by atoms with Crippen molar-refractivity contribution in [1.29, 1.82) is 0 Å². The highest BCUT2D eigenvalue weighted by atomic mass is 35.5. The van der Waals surface area contributed by atoms with E-state index in [1.165, 1.54) is 19.5 Å². The molecule has 3 aliphatic rings. The molecule has 1 aromatic rings. The second kappa shape index (κ2) is 8.31. The van der Waals surface area contributed by atoms with Crippen LogP contribution in [0.2, 0.25) is 0 Å². The van der Waals surface area contributed by atoms with Gasteiger partial charge in [-0.3, -0.25) is 19.5 Å². The summed E-state index contributed by atoms with van der Waals surface area (Å²) in [5, 5.41) is 6.45. The Morgan fingerprint density at radius 2 is 2.08 bits per heavy atom. The number of piperazine rings is 1. The molecule has 1 aromatic heterocycles. The highest BCUT2D eigenvalue weighted by molar-refractivity contribution is 7.14. The maximum absolute atomic E-state index is 11.9. The number of carbonyl (C=O) groups is 1. The molecule has 1 atom stereocenters. The van der Waals surface area contributed by atoms with E-state index in [-0.39, 0.29) is 18.3 Å². The fraction of sp³-hybridized carbons (Fsp3) is 0.765. The molecule has 0 radical (unpaired) electrons. The van der Waals surface area contributed by atoms with Crippen molar-refractivity contribution in [3.8, 4) is 0 Å². The summed E-state index contributed by atoms with van der Waals surface area (Å²) in [5.41, 5.74) is 1.11. The monoisotopic (exact) mass is 385 g/mol. The number of thiazole rings is 1. The summed E-state index contributed by atoms with van der Waals surface area (Å²) in [5.74, 6) is 0.123. The zero-order valence-electron chi connectivity index (χ0n) is 14.8. The summed E-state index contributed by atoms with van der Waals surface area (Å²) in [6, 6.07) is 1.09. The molecule has 1 amide bonds. The first-order valence-corrected chi connectivity index (χ1v) is 10.00. The number of rotatable bonds is 5. The third-order valence-electron chi connectivity index (χ3n) is 5.30. The van der Waals surface area contributed by atoms with Gasteiger partial charge in [-0.2, -0.15) is 0 Å². The average Bonchev–Trinajstić information content (AvgIpc) is 3.11. The molecule has 2 saturated heterocycles. The number of hydrogen-bond donors (Lipinski definition) is 1. The molecule has 8 heteroatoms. The Bertz CT molecular complexity index is 587. The van der Waals surface area contributed by atoms with Crippen LogP contribution in [0.4, 0.5) is 5.13 Å². The van der Waals surface area contributed by atoms with Gasteiger partial charge in [0.15, 0.2) is 5.13 Å². The number of nitrogens with zero attached hydrogens (tertiary/aromatic N) is 4. The molecule has 25 heavy (non-hydrogen) atoms. The second-order valence-corrected chi connectivity index (χ2v) is 8.04. The van der Waals surface area contributed by atoms with Crippen molar-refractivity contribution in [2.24, 2.45) is 0 Å². The molecule has 4 rings (SSSR count). The molecule has 0 bridgehead atoms. The molecule has 1 N–H and O–H groups in total. The normalized spacial score (nSPS) is 24.9. The number of nitrogens with one attached hydrogen (secondary N) is 1. The van der Waals surface area contributed by atoms with E-state index in [0.29, 0.717) is 12.1 Å². The lowest BCUT2D eigenvalue weighted by atomic mass is 10.2. The van der Waals surface area contributed by atoms with E-state index in [4.69, 9.17) is 4.98 Å². The average molecular weight is 386 g/mol. The van der Waals surface area contributed by atoms with Crippen LogP contribution in [0.5, 0.6) is 0 Å². The van der Waals surface area contributed by atoms with Crippen LogP contribution in [-0.4, -0.2) is 72.0 Å². The third kappa shape index (κ3) is 4.52. The summed E-state index contributed by atoms with van der Waals surface area (Å²) in [6.45, 7) is 9.45. The number of halogens is 1. The SMILES string of the molecule is CC(=O)N(c1nc(CN2CCC(N3CCNCC3)C2)cs1)C1CC1.Cl. The van der Waals surface area contributed by atoms with Crippen LogP contribution >= 0.6 is 23.7 Å². The van der Waals surface area contributed by atoms with Gasteiger partial charge in [-0.15, -0.1) is 23.7 Å². The van der Waals surface area contributed by atoms with Crippen LogP contribution in [0.25, 0.3) is 0 Å². The molecule has 0 aromatic carbocycles. The molecular weight excluding hydrogens is 358 g/mol. The predicted octanol–water partition coefficient (Wildman–Crippen LogP) is 1.56. The van der Waals surface area contributed by atoms with Gasteiger partial charge in [-0.1, -0.05) is 0 Å². The first-order valence-electron chi connectivity index (χ1n) is 9.12. The van der Waals surface area contributed by atoms with Gasteiger partial charge in [0.25, 0.3) is 0 Å². The van der Waals surface area contributed by atoms with E-state index >= 15 is 0 Å². The van der Waals surface area contributed by atoms with E-state index in [9.17, 15) is 4.79 Å². The molecule has 3 fully saturated rings. The molecule has 0 spiro atoms. The van der Waals surface area contributed by atoms with Gasteiger partial charge in [-0.25, -0.2) is 4.98 Å². The van der Waals surface area contributed by atoms with Gasteiger partial charge in [0.1, 0.15) is 0 Å². The predicted molar refractivity (Wildman–Crippen MR) is 104 cm³/mol. The third-order valence-corrected chi connectivity index (χ3v) is 6.19. The number of amides is 1. The highest BCUT2D eigenvalue weighted by Gasteiger charge is 2.34. The summed E-state index contributed by atoms with van der Waals surface area (Å²) >= 11 is 1.62. The summed E-state index contributed by atoms with van der Waals surface area (Å²) in [7, 11) is 0. The van der Waals surface area contributed by atoms with Crippen molar-refractivity contribution in [1.82, 2.24) is 20.1 Å². The van der Waals surface area contributed by atoms with Crippen LogP contribution in [0, 0.1) is 0 Å². The van der Waals surface area contributed by atoms with Gasteiger partial charge in [0.05, 0.1) is 5.69 Å². The summed E-state index contributed by atoms with van der Waals surface area (Å²) in [4.78, 5) is 23.7. The van der Waals surface area contributed by atoms with Crippen molar-refractivity contribution >= 4 is 34.8 Å². The summed E-state index contributed by atoms with van der Waals surface area (Å²) in [6.07, 6.45) is 3.50. The zero-order valence-corrected chi connectivity index (χ0v) is 16.4. The van der Waals surface area contributed by atoms with Gasteiger partial charge >= 0.3 is 0 Å². The number of carbonyl (C=O) groups excluding carboxylic acids is 1. The van der Waals surface area contributed by atoms with Crippen molar-refractivity contribution in [2.45, 2.75) is 44.8 Å². The Balaban J connectivity index is 0.00000182. The number of hydrogen-bond acceptors (Lipinski definition) is 6. The van der Waals surface area contributed by atoms with Crippen molar-refractivity contribution < 1.29 is 4.79 Å². The highest BCUT2D eigenvalue weighted by Crippen LogP contribution is 2.34. The van der Waals surface area contributed by atoms with E-state index < -0.39 is 0 Å². The quantitative estimate of drug-likeness (QED) is 0.833. The van der Waals surface area contributed by atoms with E-state index in [1.807, 2.05) is 4.90 Å². The lowest BCUT2D eigenvalue weighted by Gasteiger charge is -2.32. The number of likely N-dealkylation sites (tertiary alicyclic amines) is 1. The molecule has 2 aliphatic heterocycles. The molecule has 3 heterocycles. The zero-order chi connectivity index (χ0) is 16.5. The van der Waals surface area contributed by atoms with Crippen LogP contribution < -0.4 is 10.2 Å². The first-order chi connectivity index (χ1) is 11.7. The van der Waals surface area contributed by atoms with Crippen molar-refractivity contribution in [3.05, 3.63) is 11.1 Å². The van der Waals surface area contributed by atoms with Gasteiger partial charge in [0.2, 0.25) is 5.91 Å². The molecule has 6 nitrogen and oxygen atoms in total. The lowest BCUT2D eigenvalue weighted by Crippen LogP contribution is -2.49. The van der Waals surface area contributed by atoms with Crippen molar-refractivity contribution in [2.75, 3.05) is 44.2 Å². The standard InChI is InChI=1S/C17H27N5OS.ClH/c1-13(23)22(15-2-3-15)17-19-14(12-24-17)10-20-7-4-16(11-20)21-8-5-18-6-9-21;/h12,15-16,18H,2-11H2,1H3;1H. The lowest BCUT2D eigenvalue weighted by molar-refractivity contribution is -0.116. The Hall–Kier alpha value is -0.730. The fourth-order valence-corrected chi connectivity index (χ4v) is 4.82.